The van der Waals surface area contributed by atoms with Crippen molar-refractivity contribution in [3.05, 3.63) is 30.1 Å². The summed E-state index contributed by atoms with van der Waals surface area (Å²) in [6, 6.07) is 5.98. The molecule has 0 spiro atoms. The molecule has 18 heavy (non-hydrogen) atoms. The summed E-state index contributed by atoms with van der Waals surface area (Å²) in [6.07, 6.45) is 7.56. The SMILES string of the molecule is O=C(NC1CCCCC1)c1cccc2[nH]cnc12. The van der Waals surface area contributed by atoms with Crippen molar-refractivity contribution in [2.75, 3.05) is 0 Å². The zero-order chi connectivity index (χ0) is 12.4. The maximum atomic E-state index is 12.3. The minimum absolute atomic E-state index is 0.000370. The average Bonchev–Trinajstić information content (AvgIpc) is 2.87. The van der Waals surface area contributed by atoms with Gasteiger partial charge in [0.15, 0.2) is 0 Å². The lowest BCUT2D eigenvalue weighted by Gasteiger charge is -2.22. The molecule has 1 fully saturated rings. The highest BCUT2D eigenvalue weighted by Gasteiger charge is 2.18. The number of hydrogen-bond donors (Lipinski definition) is 2. The number of carbonyl (C=O) groups excluding carboxylic acids is 1. The number of aromatic amines is 1. The van der Waals surface area contributed by atoms with Gasteiger partial charge in [-0.3, -0.25) is 4.79 Å². The molecule has 4 nitrogen and oxygen atoms in total. The lowest BCUT2D eigenvalue weighted by atomic mass is 9.95. The standard InChI is InChI=1S/C14H17N3O/c18-14(17-10-5-2-1-3-6-10)11-7-4-8-12-13(11)16-9-15-12/h4,7-10H,1-3,5-6H2,(H,15,16)(H,17,18). The molecule has 4 heteroatoms. The zero-order valence-corrected chi connectivity index (χ0v) is 10.3. The molecule has 1 amide bonds. The highest BCUT2D eigenvalue weighted by atomic mass is 16.1. The number of nitrogens with zero attached hydrogens (tertiary/aromatic N) is 1. The summed E-state index contributed by atoms with van der Waals surface area (Å²) < 4.78 is 0. The summed E-state index contributed by atoms with van der Waals surface area (Å²) >= 11 is 0. The number of aromatic nitrogens is 2. The first-order valence-electron chi connectivity index (χ1n) is 6.57. The highest BCUT2D eigenvalue weighted by molar-refractivity contribution is 6.04. The Morgan fingerprint density at radius 3 is 2.94 bits per heavy atom. The molecule has 1 heterocycles. The summed E-state index contributed by atoms with van der Waals surface area (Å²) in [5.74, 6) is -0.000370. The molecule has 1 aliphatic rings. The number of fused-ring (bicyclic) bond motifs is 1. The van der Waals surface area contributed by atoms with E-state index in [2.05, 4.69) is 15.3 Å². The first kappa shape index (κ1) is 11.3. The minimum Gasteiger partial charge on any atom is -0.349 e. The maximum Gasteiger partial charge on any atom is 0.253 e. The van der Waals surface area contributed by atoms with E-state index >= 15 is 0 Å². The van der Waals surface area contributed by atoms with Gasteiger partial charge in [-0.15, -0.1) is 0 Å². The van der Waals surface area contributed by atoms with Gasteiger partial charge in [0.2, 0.25) is 0 Å². The van der Waals surface area contributed by atoms with Gasteiger partial charge in [0.05, 0.1) is 17.4 Å². The van der Waals surface area contributed by atoms with Crippen molar-refractivity contribution in [1.82, 2.24) is 15.3 Å². The lowest BCUT2D eigenvalue weighted by Crippen LogP contribution is -2.36. The first-order chi connectivity index (χ1) is 8.84. The Bertz CT molecular complexity index is 555. The van der Waals surface area contributed by atoms with E-state index < -0.39 is 0 Å². The third kappa shape index (κ3) is 2.10. The van der Waals surface area contributed by atoms with Gasteiger partial charge in [0.1, 0.15) is 5.52 Å². The van der Waals surface area contributed by atoms with Crippen molar-refractivity contribution in [2.24, 2.45) is 0 Å². The van der Waals surface area contributed by atoms with Crippen molar-refractivity contribution in [1.29, 1.82) is 0 Å². The molecule has 1 saturated carbocycles. The monoisotopic (exact) mass is 243 g/mol. The Balaban J connectivity index is 1.81. The molecule has 1 aliphatic carbocycles. The van der Waals surface area contributed by atoms with Gasteiger partial charge in [0, 0.05) is 6.04 Å². The van der Waals surface area contributed by atoms with E-state index in [1.807, 2.05) is 18.2 Å². The fourth-order valence-corrected chi connectivity index (χ4v) is 2.66. The van der Waals surface area contributed by atoms with Crippen LogP contribution in [0.15, 0.2) is 24.5 Å². The normalized spacial score (nSPS) is 16.9. The van der Waals surface area contributed by atoms with Crippen LogP contribution in [0, 0.1) is 0 Å². The summed E-state index contributed by atoms with van der Waals surface area (Å²) in [5.41, 5.74) is 2.33. The maximum absolute atomic E-state index is 12.3. The van der Waals surface area contributed by atoms with Gasteiger partial charge < -0.3 is 10.3 Å². The zero-order valence-electron chi connectivity index (χ0n) is 10.3. The van der Waals surface area contributed by atoms with Crippen molar-refractivity contribution in [3.8, 4) is 0 Å². The molecule has 1 aromatic carbocycles. The van der Waals surface area contributed by atoms with Crippen LogP contribution >= 0.6 is 0 Å². The van der Waals surface area contributed by atoms with Crippen LogP contribution in [0.4, 0.5) is 0 Å². The van der Waals surface area contributed by atoms with Crippen molar-refractivity contribution >= 4 is 16.9 Å². The molecule has 0 aliphatic heterocycles. The number of benzene rings is 1. The molecule has 0 radical (unpaired) electrons. The third-order valence-electron chi connectivity index (χ3n) is 3.63. The number of nitrogens with one attached hydrogen (secondary N) is 2. The van der Waals surface area contributed by atoms with Crippen LogP contribution in [0.25, 0.3) is 11.0 Å². The second-order valence-electron chi connectivity index (χ2n) is 4.91. The summed E-state index contributed by atoms with van der Waals surface area (Å²) in [5, 5.41) is 3.12. The molecule has 2 N–H and O–H groups in total. The molecule has 94 valence electrons. The molecule has 3 rings (SSSR count). The first-order valence-corrected chi connectivity index (χ1v) is 6.57. The predicted molar refractivity (Wildman–Crippen MR) is 70.4 cm³/mol. The second-order valence-corrected chi connectivity index (χ2v) is 4.91. The Morgan fingerprint density at radius 1 is 1.28 bits per heavy atom. The molecule has 1 aromatic heterocycles. The summed E-state index contributed by atoms with van der Waals surface area (Å²) in [4.78, 5) is 19.5. The molecule has 0 bridgehead atoms. The smallest absolute Gasteiger partial charge is 0.253 e. The number of H-pyrrole nitrogens is 1. The number of imidazole rings is 1. The second kappa shape index (κ2) is 4.80. The Labute approximate surface area is 106 Å². The van der Waals surface area contributed by atoms with Crippen LogP contribution in [-0.2, 0) is 0 Å². The lowest BCUT2D eigenvalue weighted by molar-refractivity contribution is 0.0929. The molecule has 0 unspecified atom stereocenters. The number of rotatable bonds is 2. The van der Waals surface area contributed by atoms with Crippen LogP contribution in [0.1, 0.15) is 42.5 Å². The fourth-order valence-electron chi connectivity index (χ4n) is 2.66. The number of carbonyl (C=O) groups is 1. The van der Waals surface area contributed by atoms with Gasteiger partial charge in [-0.25, -0.2) is 4.98 Å². The van der Waals surface area contributed by atoms with E-state index in [1.165, 1.54) is 19.3 Å². The van der Waals surface area contributed by atoms with E-state index in [1.54, 1.807) is 6.33 Å². The van der Waals surface area contributed by atoms with E-state index in [0.717, 1.165) is 23.9 Å². The average molecular weight is 243 g/mol. The van der Waals surface area contributed by atoms with Gasteiger partial charge in [-0.2, -0.15) is 0 Å². The number of amides is 1. The molecular weight excluding hydrogens is 226 g/mol. The van der Waals surface area contributed by atoms with E-state index in [9.17, 15) is 4.79 Å². The van der Waals surface area contributed by atoms with Crippen molar-refractivity contribution in [2.45, 2.75) is 38.1 Å². The third-order valence-corrected chi connectivity index (χ3v) is 3.63. The van der Waals surface area contributed by atoms with Gasteiger partial charge in [-0.1, -0.05) is 25.3 Å². The largest absolute Gasteiger partial charge is 0.349 e. The summed E-state index contributed by atoms with van der Waals surface area (Å²) in [6.45, 7) is 0. The predicted octanol–water partition coefficient (Wildman–Crippen LogP) is 2.63. The number of para-hydroxylation sites is 1. The van der Waals surface area contributed by atoms with Gasteiger partial charge >= 0.3 is 0 Å². The van der Waals surface area contributed by atoms with Gasteiger partial charge in [-0.05, 0) is 25.0 Å². The van der Waals surface area contributed by atoms with Crippen molar-refractivity contribution < 1.29 is 4.79 Å². The van der Waals surface area contributed by atoms with Gasteiger partial charge in [0.25, 0.3) is 5.91 Å². The van der Waals surface area contributed by atoms with Crippen LogP contribution in [-0.4, -0.2) is 21.9 Å². The van der Waals surface area contributed by atoms with Crippen molar-refractivity contribution in [3.63, 3.8) is 0 Å². The fraction of sp³-hybridized carbons (Fsp3) is 0.429. The molecule has 2 aromatic rings. The van der Waals surface area contributed by atoms with E-state index in [4.69, 9.17) is 0 Å². The van der Waals surface area contributed by atoms with E-state index in [-0.39, 0.29) is 5.91 Å². The Morgan fingerprint density at radius 2 is 2.11 bits per heavy atom. The quantitative estimate of drug-likeness (QED) is 0.851. The van der Waals surface area contributed by atoms with Crippen LogP contribution in [0.2, 0.25) is 0 Å². The Hall–Kier alpha value is -1.84. The Kier molecular flexibility index (Phi) is 3.00. The molecule has 0 saturated heterocycles. The minimum atomic E-state index is -0.000370. The topological polar surface area (TPSA) is 57.8 Å². The highest BCUT2D eigenvalue weighted by Crippen LogP contribution is 2.19. The number of hydrogen-bond acceptors (Lipinski definition) is 2. The molecule has 0 atom stereocenters. The van der Waals surface area contributed by atoms with Crippen LogP contribution in [0.5, 0.6) is 0 Å². The summed E-state index contributed by atoms with van der Waals surface area (Å²) in [7, 11) is 0. The van der Waals surface area contributed by atoms with E-state index in [0.29, 0.717) is 11.6 Å². The van der Waals surface area contributed by atoms with Crippen LogP contribution in [0.3, 0.4) is 0 Å². The van der Waals surface area contributed by atoms with Crippen LogP contribution < -0.4 is 5.32 Å². The molecular formula is C14H17N3O.